The van der Waals surface area contributed by atoms with Crippen molar-refractivity contribution in [2.75, 3.05) is 0 Å². The van der Waals surface area contributed by atoms with Crippen LogP contribution >= 0.6 is 0 Å². The highest BCUT2D eigenvalue weighted by atomic mass is 16.5. The summed E-state index contributed by atoms with van der Waals surface area (Å²) < 4.78 is 5.24. The number of benzene rings is 2. The number of imide groups is 1. The molecule has 0 aromatic heterocycles. The van der Waals surface area contributed by atoms with Gasteiger partial charge in [-0.1, -0.05) is 32.0 Å². The molecule has 1 aliphatic rings. The quantitative estimate of drug-likeness (QED) is 0.398. The van der Waals surface area contributed by atoms with E-state index in [9.17, 15) is 19.6 Å². The Hall–Kier alpha value is -2.73. The first-order valence-corrected chi connectivity index (χ1v) is 6.77. The Balaban J connectivity index is 2.29. The summed E-state index contributed by atoms with van der Waals surface area (Å²) in [5.74, 6) is -2.53. The van der Waals surface area contributed by atoms with E-state index in [1.807, 2.05) is 0 Å². The average molecular weight is 299 g/mol. The second kappa shape index (κ2) is 4.92. The van der Waals surface area contributed by atoms with Crippen molar-refractivity contribution in [3.05, 3.63) is 41.5 Å². The third kappa shape index (κ3) is 1.96. The van der Waals surface area contributed by atoms with Crippen molar-refractivity contribution in [3.63, 3.8) is 0 Å². The maximum atomic E-state index is 12.2. The Morgan fingerprint density at radius 3 is 2.55 bits per heavy atom. The highest BCUT2D eigenvalue weighted by Gasteiger charge is 2.35. The summed E-state index contributed by atoms with van der Waals surface area (Å²) in [6.45, 7) is 3.34. The van der Waals surface area contributed by atoms with Crippen molar-refractivity contribution >= 4 is 28.6 Å². The van der Waals surface area contributed by atoms with Gasteiger partial charge in [0.15, 0.2) is 0 Å². The fourth-order valence-corrected chi connectivity index (χ4v) is 2.37. The SMILES string of the molecule is CC(C)C(=O)Oc1ccc2cccc3c2c1C(=O)N(O)C3=O. The summed E-state index contributed by atoms with van der Waals surface area (Å²) in [4.78, 5) is 36.0. The van der Waals surface area contributed by atoms with Gasteiger partial charge in [-0.3, -0.25) is 19.6 Å². The van der Waals surface area contributed by atoms with Crippen LogP contribution in [0, 0.1) is 5.92 Å². The van der Waals surface area contributed by atoms with E-state index < -0.39 is 17.8 Å². The largest absolute Gasteiger partial charge is 0.425 e. The Morgan fingerprint density at radius 2 is 1.86 bits per heavy atom. The van der Waals surface area contributed by atoms with Crippen molar-refractivity contribution in [1.82, 2.24) is 5.06 Å². The molecule has 0 aliphatic carbocycles. The molecule has 0 saturated carbocycles. The number of carbonyl (C=O) groups excluding carboxylic acids is 3. The fourth-order valence-electron chi connectivity index (χ4n) is 2.37. The lowest BCUT2D eigenvalue weighted by molar-refractivity contribution is -0.137. The molecule has 1 heterocycles. The van der Waals surface area contributed by atoms with Gasteiger partial charge in [0, 0.05) is 5.39 Å². The highest BCUT2D eigenvalue weighted by molar-refractivity contribution is 6.26. The third-order valence-corrected chi connectivity index (χ3v) is 3.52. The molecular weight excluding hydrogens is 286 g/mol. The standard InChI is InChI=1S/C16H13NO5/c1-8(2)16(20)22-11-7-6-9-4-3-5-10-12(9)13(11)15(19)17(21)14(10)18/h3-8,21H,1-2H3. The molecule has 3 rings (SSSR count). The van der Waals surface area contributed by atoms with Gasteiger partial charge >= 0.3 is 5.97 Å². The minimum atomic E-state index is -0.902. The number of ether oxygens (including phenoxy) is 1. The smallest absolute Gasteiger partial charge is 0.313 e. The molecule has 0 fully saturated rings. The van der Waals surface area contributed by atoms with Crippen molar-refractivity contribution in [3.8, 4) is 5.75 Å². The minimum Gasteiger partial charge on any atom is -0.425 e. The van der Waals surface area contributed by atoms with Gasteiger partial charge in [0.2, 0.25) is 0 Å². The maximum Gasteiger partial charge on any atom is 0.313 e. The Kier molecular flexibility index (Phi) is 3.18. The zero-order valence-electron chi connectivity index (χ0n) is 12.0. The van der Waals surface area contributed by atoms with E-state index >= 15 is 0 Å². The van der Waals surface area contributed by atoms with E-state index in [2.05, 4.69) is 0 Å². The molecule has 6 nitrogen and oxygen atoms in total. The molecule has 0 radical (unpaired) electrons. The summed E-state index contributed by atoms with van der Waals surface area (Å²) in [6.07, 6.45) is 0. The summed E-state index contributed by atoms with van der Waals surface area (Å²) in [7, 11) is 0. The lowest BCUT2D eigenvalue weighted by Crippen LogP contribution is -2.38. The van der Waals surface area contributed by atoms with E-state index in [4.69, 9.17) is 4.74 Å². The zero-order valence-corrected chi connectivity index (χ0v) is 12.0. The van der Waals surface area contributed by atoms with Crippen LogP contribution in [0.2, 0.25) is 0 Å². The number of hydrogen-bond acceptors (Lipinski definition) is 5. The molecule has 0 saturated heterocycles. The van der Waals surface area contributed by atoms with Crippen LogP contribution in [0.3, 0.4) is 0 Å². The van der Waals surface area contributed by atoms with E-state index in [1.54, 1.807) is 32.0 Å². The predicted molar refractivity (Wildman–Crippen MR) is 76.7 cm³/mol. The minimum absolute atomic E-state index is 0.0178. The van der Waals surface area contributed by atoms with Crippen LogP contribution in [0.15, 0.2) is 30.3 Å². The number of carbonyl (C=O) groups is 3. The molecule has 22 heavy (non-hydrogen) atoms. The van der Waals surface area contributed by atoms with Gasteiger partial charge in [0.05, 0.1) is 17.0 Å². The predicted octanol–water partition coefficient (Wildman–Crippen LogP) is 2.39. The van der Waals surface area contributed by atoms with Crippen LogP contribution < -0.4 is 4.74 Å². The van der Waals surface area contributed by atoms with Crippen molar-refractivity contribution in [2.24, 2.45) is 5.92 Å². The molecule has 6 heteroatoms. The molecular formula is C16H13NO5. The summed E-state index contributed by atoms with van der Waals surface area (Å²) >= 11 is 0. The Morgan fingerprint density at radius 1 is 1.14 bits per heavy atom. The van der Waals surface area contributed by atoms with Gasteiger partial charge in [-0.15, -0.1) is 5.06 Å². The first-order chi connectivity index (χ1) is 10.4. The number of rotatable bonds is 2. The summed E-state index contributed by atoms with van der Waals surface area (Å²) in [6, 6.07) is 8.06. The molecule has 0 unspecified atom stereocenters. The van der Waals surface area contributed by atoms with E-state index in [1.165, 1.54) is 12.1 Å². The molecule has 0 spiro atoms. The molecule has 2 amide bonds. The molecule has 2 aromatic rings. The number of hydrogen-bond donors (Lipinski definition) is 1. The van der Waals surface area contributed by atoms with Crippen LogP contribution in [0.4, 0.5) is 0 Å². The number of amides is 2. The third-order valence-electron chi connectivity index (χ3n) is 3.52. The van der Waals surface area contributed by atoms with Gasteiger partial charge in [0.1, 0.15) is 5.75 Å². The van der Waals surface area contributed by atoms with Crippen LogP contribution in [0.1, 0.15) is 34.6 Å². The molecule has 0 bridgehead atoms. The van der Waals surface area contributed by atoms with Crippen molar-refractivity contribution in [2.45, 2.75) is 13.8 Å². The van der Waals surface area contributed by atoms with Gasteiger partial charge in [-0.05, 0) is 17.5 Å². The van der Waals surface area contributed by atoms with Gasteiger partial charge in [0.25, 0.3) is 11.8 Å². The molecule has 1 aliphatic heterocycles. The van der Waals surface area contributed by atoms with Gasteiger partial charge in [-0.2, -0.15) is 0 Å². The number of esters is 1. The second-order valence-corrected chi connectivity index (χ2v) is 5.34. The van der Waals surface area contributed by atoms with Gasteiger partial charge in [-0.25, -0.2) is 0 Å². The Bertz CT molecular complexity index is 825. The van der Waals surface area contributed by atoms with Crippen LogP contribution in [0.25, 0.3) is 10.8 Å². The van der Waals surface area contributed by atoms with Crippen LogP contribution in [-0.4, -0.2) is 28.1 Å². The summed E-state index contributed by atoms with van der Waals surface area (Å²) in [5, 5.41) is 10.8. The average Bonchev–Trinajstić information content (AvgIpc) is 2.50. The van der Waals surface area contributed by atoms with Crippen molar-refractivity contribution in [1.29, 1.82) is 0 Å². The molecule has 112 valence electrons. The highest BCUT2D eigenvalue weighted by Crippen LogP contribution is 2.35. The second-order valence-electron chi connectivity index (χ2n) is 5.34. The van der Waals surface area contributed by atoms with E-state index in [0.29, 0.717) is 10.8 Å². The van der Waals surface area contributed by atoms with Crippen LogP contribution in [-0.2, 0) is 4.79 Å². The monoisotopic (exact) mass is 299 g/mol. The van der Waals surface area contributed by atoms with Crippen LogP contribution in [0.5, 0.6) is 5.75 Å². The Labute approximate surface area is 125 Å². The first kappa shape index (κ1) is 14.2. The normalized spacial score (nSPS) is 13.9. The fraction of sp³-hybridized carbons (Fsp3) is 0.188. The number of nitrogens with zero attached hydrogens (tertiary/aromatic N) is 1. The lowest BCUT2D eigenvalue weighted by Gasteiger charge is -2.23. The van der Waals surface area contributed by atoms with Crippen molar-refractivity contribution < 1.29 is 24.3 Å². The molecule has 1 N–H and O–H groups in total. The topological polar surface area (TPSA) is 83.9 Å². The molecule has 0 atom stereocenters. The first-order valence-electron chi connectivity index (χ1n) is 6.77. The van der Waals surface area contributed by atoms with E-state index in [-0.39, 0.29) is 27.9 Å². The zero-order chi connectivity index (χ0) is 16.0. The van der Waals surface area contributed by atoms with Gasteiger partial charge < -0.3 is 4.74 Å². The summed E-state index contributed by atoms with van der Waals surface area (Å²) in [5.41, 5.74) is 0.209. The number of hydroxylamine groups is 2. The lowest BCUT2D eigenvalue weighted by atomic mass is 9.94. The maximum absolute atomic E-state index is 12.2. The van der Waals surface area contributed by atoms with E-state index in [0.717, 1.165) is 0 Å². The molecule has 2 aromatic carbocycles.